The van der Waals surface area contributed by atoms with Gasteiger partial charge >= 0.3 is 5.97 Å². The summed E-state index contributed by atoms with van der Waals surface area (Å²) in [6.07, 6.45) is 10.5. The number of carboxylic acids is 1. The highest BCUT2D eigenvalue weighted by molar-refractivity contribution is 5.99. The van der Waals surface area contributed by atoms with E-state index >= 15 is 0 Å². The summed E-state index contributed by atoms with van der Waals surface area (Å²) in [6, 6.07) is 19.7. The minimum absolute atomic E-state index is 0.0707. The fourth-order valence-electron chi connectivity index (χ4n) is 6.50. The summed E-state index contributed by atoms with van der Waals surface area (Å²) in [5.41, 5.74) is 5.65. The molecule has 2 aromatic carbocycles. The van der Waals surface area contributed by atoms with Gasteiger partial charge in [0.25, 0.3) is 0 Å². The summed E-state index contributed by atoms with van der Waals surface area (Å²) in [6.45, 7) is 1.59. The minimum Gasteiger partial charge on any atom is -0.478 e. The highest BCUT2D eigenvalue weighted by atomic mass is 16.4. The molecule has 0 spiro atoms. The minimum atomic E-state index is -0.953. The Kier molecular flexibility index (Phi) is 6.71. The first kappa shape index (κ1) is 24.4. The van der Waals surface area contributed by atoms with Crippen molar-refractivity contribution in [1.29, 1.82) is 0 Å². The summed E-state index contributed by atoms with van der Waals surface area (Å²) in [5.74, 6) is -0.194. The molecule has 4 aromatic rings. The van der Waals surface area contributed by atoms with Gasteiger partial charge in [0.2, 0.25) is 5.91 Å². The molecule has 1 saturated heterocycles. The number of hydrogen-bond acceptors (Lipinski definition) is 3. The number of hydrogen-bond donors (Lipinski definition) is 1. The number of carboxylic acid groups (broad SMARTS) is 1. The third-order valence-electron chi connectivity index (χ3n) is 8.40. The molecule has 6 nitrogen and oxygen atoms in total. The summed E-state index contributed by atoms with van der Waals surface area (Å²) in [7, 11) is 0. The van der Waals surface area contributed by atoms with Gasteiger partial charge in [0.1, 0.15) is 6.54 Å². The van der Waals surface area contributed by atoms with E-state index in [4.69, 9.17) is 0 Å². The van der Waals surface area contributed by atoms with E-state index in [0.717, 1.165) is 41.4 Å². The third kappa shape index (κ3) is 4.60. The molecule has 1 amide bonds. The van der Waals surface area contributed by atoms with Gasteiger partial charge in [0.05, 0.1) is 16.8 Å². The van der Waals surface area contributed by atoms with Gasteiger partial charge in [-0.1, -0.05) is 61.7 Å². The van der Waals surface area contributed by atoms with E-state index in [0.29, 0.717) is 24.9 Å². The van der Waals surface area contributed by atoms with E-state index in [2.05, 4.69) is 27.8 Å². The van der Waals surface area contributed by atoms with E-state index in [1.165, 1.54) is 30.4 Å². The number of amides is 1. The largest absolute Gasteiger partial charge is 0.478 e. The molecule has 1 aliphatic carbocycles. The average Bonchev–Trinajstić information content (AvgIpc) is 3.58. The molecule has 2 aliphatic rings. The molecule has 1 N–H and O–H groups in total. The highest BCUT2D eigenvalue weighted by Gasteiger charge is 2.31. The number of carbonyl (C=O) groups excluding carboxylic acids is 1. The Labute approximate surface area is 222 Å². The summed E-state index contributed by atoms with van der Waals surface area (Å²) in [5, 5.41) is 10.9. The monoisotopic (exact) mass is 507 g/mol. The van der Waals surface area contributed by atoms with Crippen LogP contribution in [0.5, 0.6) is 0 Å². The number of benzene rings is 2. The Morgan fingerprint density at radius 3 is 2.47 bits per heavy atom. The zero-order chi connectivity index (χ0) is 26.1. The van der Waals surface area contributed by atoms with Crippen LogP contribution in [-0.2, 0) is 11.3 Å². The van der Waals surface area contributed by atoms with Crippen molar-refractivity contribution in [3.8, 4) is 11.3 Å². The smallest absolute Gasteiger partial charge is 0.335 e. The molecule has 1 atom stereocenters. The molecule has 2 aromatic heterocycles. The van der Waals surface area contributed by atoms with Crippen molar-refractivity contribution in [2.24, 2.45) is 0 Å². The predicted octanol–water partition coefficient (Wildman–Crippen LogP) is 6.47. The van der Waals surface area contributed by atoms with Crippen LogP contribution in [0.4, 0.5) is 0 Å². The average molecular weight is 508 g/mol. The molecule has 1 aliphatic heterocycles. The van der Waals surface area contributed by atoms with Gasteiger partial charge in [-0.2, -0.15) is 0 Å². The molecular weight excluding hydrogens is 474 g/mol. The fourth-order valence-corrected chi connectivity index (χ4v) is 6.50. The Morgan fingerprint density at radius 1 is 0.921 bits per heavy atom. The number of nitrogens with zero attached hydrogens (tertiary/aromatic N) is 3. The van der Waals surface area contributed by atoms with Crippen molar-refractivity contribution in [3.63, 3.8) is 0 Å². The van der Waals surface area contributed by atoms with E-state index in [1.54, 1.807) is 18.3 Å². The van der Waals surface area contributed by atoms with Crippen molar-refractivity contribution < 1.29 is 14.7 Å². The number of carbonyl (C=O) groups is 2. The van der Waals surface area contributed by atoms with Crippen LogP contribution in [0.25, 0.3) is 22.2 Å². The quantitative estimate of drug-likeness (QED) is 0.325. The Balaban J connectivity index is 1.44. The van der Waals surface area contributed by atoms with Gasteiger partial charge < -0.3 is 14.6 Å². The first-order chi connectivity index (χ1) is 18.6. The van der Waals surface area contributed by atoms with Crippen LogP contribution in [0.15, 0.2) is 73.1 Å². The van der Waals surface area contributed by atoms with Crippen LogP contribution in [0.2, 0.25) is 0 Å². The fraction of sp³-hybridized carbons (Fsp3) is 0.344. The summed E-state index contributed by atoms with van der Waals surface area (Å²) in [4.78, 5) is 31.9. The number of aromatic carboxylic acids is 1. The van der Waals surface area contributed by atoms with Gasteiger partial charge in [-0.05, 0) is 60.1 Å². The first-order valence-electron chi connectivity index (χ1n) is 13.7. The molecule has 38 heavy (non-hydrogen) atoms. The van der Waals surface area contributed by atoms with E-state index in [-0.39, 0.29) is 18.0 Å². The molecule has 2 fully saturated rings. The van der Waals surface area contributed by atoms with E-state index < -0.39 is 5.97 Å². The number of pyridine rings is 1. The zero-order valence-electron chi connectivity index (χ0n) is 21.6. The van der Waals surface area contributed by atoms with Crippen molar-refractivity contribution in [3.05, 3.63) is 89.7 Å². The number of fused-ring (bicyclic) bond motifs is 1. The normalized spacial score (nSPS) is 18.2. The lowest BCUT2D eigenvalue weighted by Gasteiger charge is -2.24. The lowest BCUT2D eigenvalue weighted by molar-refractivity contribution is -0.130. The van der Waals surface area contributed by atoms with Crippen LogP contribution in [0.1, 0.15) is 71.8 Å². The molecule has 0 radical (unpaired) electrons. The van der Waals surface area contributed by atoms with Crippen LogP contribution in [0.3, 0.4) is 0 Å². The van der Waals surface area contributed by atoms with Crippen LogP contribution in [-0.4, -0.2) is 44.5 Å². The molecule has 1 unspecified atom stereocenters. The number of likely N-dealkylation sites (tertiary alicyclic amines) is 1. The van der Waals surface area contributed by atoms with Gasteiger partial charge in [-0.15, -0.1) is 0 Å². The predicted molar refractivity (Wildman–Crippen MR) is 148 cm³/mol. The van der Waals surface area contributed by atoms with Crippen molar-refractivity contribution >= 4 is 22.8 Å². The molecule has 1 saturated carbocycles. The number of aromatic nitrogens is 2. The van der Waals surface area contributed by atoms with E-state index in [9.17, 15) is 14.7 Å². The Hall–Kier alpha value is -3.93. The maximum absolute atomic E-state index is 13.8. The Morgan fingerprint density at radius 2 is 1.74 bits per heavy atom. The second kappa shape index (κ2) is 10.4. The van der Waals surface area contributed by atoms with Gasteiger partial charge in [-0.25, -0.2) is 4.79 Å². The second-order valence-electron chi connectivity index (χ2n) is 10.7. The van der Waals surface area contributed by atoms with Crippen LogP contribution >= 0.6 is 0 Å². The second-order valence-corrected chi connectivity index (χ2v) is 10.7. The van der Waals surface area contributed by atoms with E-state index in [1.807, 2.05) is 41.4 Å². The zero-order valence-corrected chi connectivity index (χ0v) is 21.6. The maximum atomic E-state index is 13.8. The van der Waals surface area contributed by atoms with Crippen LogP contribution < -0.4 is 0 Å². The van der Waals surface area contributed by atoms with Crippen LogP contribution in [0, 0.1) is 0 Å². The van der Waals surface area contributed by atoms with Gasteiger partial charge in [-0.3, -0.25) is 9.78 Å². The lowest BCUT2D eigenvalue weighted by atomic mass is 9.82. The summed E-state index contributed by atoms with van der Waals surface area (Å²) < 4.78 is 2.10. The van der Waals surface area contributed by atoms with Gasteiger partial charge in [0, 0.05) is 36.8 Å². The topological polar surface area (TPSA) is 75.4 Å². The summed E-state index contributed by atoms with van der Waals surface area (Å²) >= 11 is 0. The number of rotatable bonds is 6. The molecular formula is C32H33N3O3. The lowest BCUT2D eigenvalue weighted by Crippen LogP contribution is -2.32. The first-order valence-corrected chi connectivity index (χ1v) is 13.7. The highest BCUT2D eigenvalue weighted by Crippen LogP contribution is 2.44. The molecule has 194 valence electrons. The van der Waals surface area contributed by atoms with Crippen molar-refractivity contribution in [2.45, 2.75) is 56.9 Å². The molecule has 0 bridgehead atoms. The van der Waals surface area contributed by atoms with Gasteiger partial charge in [0.15, 0.2) is 0 Å². The SMILES string of the molecule is O=C(O)c1ccc2c(C3CCCCC3)c(-c3ccccc3)n(CC(=O)N3CCC(c4cccnc4)C3)c2c1. The molecule has 6 heteroatoms. The third-order valence-corrected chi connectivity index (χ3v) is 8.40. The molecule has 3 heterocycles. The maximum Gasteiger partial charge on any atom is 0.335 e. The van der Waals surface area contributed by atoms with Crippen molar-refractivity contribution in [2.75, 3.05) is 13.1 Å². The molecule has 6 rings (SSSR count). The Bertz CT molecular complexity index is 1460. The van der Waals surface area contributed by atoms with Crippen molar-refractivity contribution in [1.82, 2.24) is 14.5 Å². The standard InChI is InChI=1S/C32H33N3O3/c36-29(34-17-15-26(20-34)25-12-7-16-33-19-25)21-35-28-18-24(32(37)38)13-14-27(28)30(22-8-3-1-4-9-22)31(35)23-10-5-2-6-11-23/h2,5-7,10-14,16,18-19,22,26H,1,3-4,8-9,15,17,20-21H2,(H,37,38).